The fourth-order valence-electron chi connectivity index (χ4n) is 7.15. The molecule has 0 amide bonds. The Hall–Kier alpha value is -3.03. The third kappa shape index (κ3) is 14.6. The van der Waals surface area contributed by atoms with Gasteiger partial charge in [0.2, 0.25) is 0 Å². The van der Waals surface area contributed by atoms with E-state index in [9.17, 15) is 29.3 Å². The van der Waals surface area contributed by atoms with Crippen LogP contribution in [0.15, 0.2) is 36.7 Å². The second-order valence-electron chi connectivity index (χ2n) is 15.1. The molecule has 2 aromatic heterocycles. The van der Waals surface area contributed by atoms with E-state index < -0.39 is 56.9 Å². The van der Waals surface area contributed by atoms with Gasteiger partial charge in [-0.3, -0.25) is 9.05 Å². The standard InChI is InChI=1S/C41H63FN5O9P/c1-3-4-5-6-7-8-9-10-11-12-13-14-15-16-17-18-23-52-27-34(53-26-32-24-33(42)20-19-31(32)25-43)28-54-57(50,51)55-29-36-38(48)39(49)41(2,56-36)37-22-21-35-40(44)45-30-46-47(35)37/h19-22,24,30,34,36,38-39,48-49H,3-18,23,26-29H2,1-2H3,(H,50,51)(H2,44,45,46)/t34-,36-,38-,39-,41+/m1/s1. The van der Waals surface area contributed by atoms with Crippen molar-refractivity contribution in [3.63, 3.8) is 0 Å². The van der Waals surface area contributed by atoms with Gasteiger partial charge in [0.1, 0.15) is 47.7 Å². The van der Waals surface area contributed by atoms with E-state index in [1.54, 1.807) is 19.1 Å². The predicted octanol–water partition coefficient (Wildman–Crippen LogP) is 7.66. The number of aromatic nitrogens is 3. The average molecular weight is 820 g/mol. The number of aliphatic hydroxyl groups is 2. The quantitative estimate of drug-likeness (QED) is 0.0393. The number of benzene rings is 1. The fraction of sp³-hybridized carbons (Fsp3) is 0.683. The molecule has 16 heteroatoms. The molecule has 0 spiro atoms. The topological polar surface area (TPSA) is 204 Å². The van der Waals surface area contributed by atoms with Crippen LogP contribution in [-0.4, -0.2) is 80.5 Å². The number of anilines is 1. The van der Waals surface area contributed by atoms with Crippen LogP contribution in [0.2, 0.25) is 0 Å². The molecule has 318 valence electrons. The van der Waals surface area contributed by atoms with Crippen LogP contribution in [0.5, 0.6) is 0 Å². The number of hydrogen-bond donors (Lipinski definition) is 4. The third-order valence-electron chi connectivity index (χ3n) is 10.6. The average Bonchev–Trinajstić information content (AvgIpc) is 3.74. The molecule has 1 unspecified atom stereocenters. The summed E-state index contributed by atoms with van der Waals surface area (Å²) in [7, 11) is -4.75. The zero-order chi connectivity index (χ0) is 41.1. The molecular weight excluding hydrogens is 756 g/mol. The molecule has 1 saturated heterocycles. The molecule has 6 atom stereocenters. The van der Waals surface area contributed by atoms with Crippen LogP contribution in [0.25, 0.3) is 5.52 Å². The van der Waals surface area contributed by atoms with Crippen molar-refractivity contribution in [2.45, 2.75) is 153 Å². The third-order valence-corrected chi connectivity index (χ3v) is 11.5. The van der Waals surface area contributed by atoms with E-state index in [-0.39, 0.29) is 24.6 Å². The van der Waals surface area contributed by atoms with E-state index in [1.165, 1.54) is 113 Å². The number of aliphatic hydroxyl groups excluding tert-OH is 2. The van der Waals surface area contributed by atoms with Crippen molar-refractivity contribution in [3.05, 3.63) is 59.3 Å². The number of nitrogens with zero attached hydrogens (tertiary/aromatic N) is 4. The lowest BCUT2D eigenvalue weighted by molar-refractivity contribution is -0.0901. The number of unbranched alkanes of at least 4 members (excludes halogenated alkanes) is 15. The summed E-state index contributed by atoms with van der Waals surface area (Å²) in [5, 5.41) is 35.5. The van der Waals surface area contributed by atoms with Gasteiger partial charge < -0.3 is 35.1 Å². The van der Waals surface area contributed by atoms with E-state index in [0.29, 0.717) is 23.4 Å². The first-order valence-corrected chi connectivity index (χ1v) is 22.1. The number of nitriles is 1. The van der Waals surface area contributed by atoms with Crippen LogP contribution < -0.4 is 5.73 Å². The monoisotopic (exact) mass is 819 g/mol. The van der Waals surface area contributed by atoms with Crippen LogP contribution in [0.3, 0.4) is 0 Å². The molecule has 1 aliphatic heterocycles. The number of nitrogen functional groups attached to an aromatic ring is 1. The molecule has 1 fully saturated rings. The Bertz CT molecular complexity index is 1730. The Balaban J connectivity index is 1.19. The van der Waals surface area contributed by atoms with E-state index >= 15 is 0 Å². The van der Waals surface area contributed by atoms with Crippen molar-refractivity contribution in [2.24, 2.45) is 0 Å². The summed E-state index contributed by atoms with van der Waals surface area (Å²) < 4.78 is 56.7. The molecule has 14 nitrogen and oxygen atoms in total. The molecule has 0 aliphatic carbocycles. The summed E-state index contributed by atoms with van der Waals surface area (Å²) >= 11 is 0. The number of halogens is 1. The van der Waals surface area contributed by atoms with Gasteiger partial charge in [-0.05, 0) is 49.2 Å². The number of rotatable bonds is 29. The number of phosphoric acid groups is 1. The van der Waals surface area contributed by atoms with Crippen molar-refractivity contribution in [1.29, 1.82) is 5.26 Å². The van der Waals surface area contributed by atoms with Crippen molar-refractivity contribution >= 4 is 19.2 Å². The van der Waals surface area contributed by atoms with Gasteiger partial charge >= 0.3 is 7.82 Å². The molecule has 5 N–H and O–H groups in total. The second kappa shape index (κ2) is 24.1. The SMILES string of the molecule is CCCCCCCCCCCCCCCCCCOC[C@H](COP(=O)(O)OC[C@H]1O[C@@](C)(c2ccc3c(N)ncnn23)[C@H](O)[C@@H]1O)OCc1cc(F)ccc1C#N. The number of nitrogens with two attached hydrogens (primary N) is 1. The molecule has 0 radical (unpaired) electrons. The first kappa shape index (κ1) is 46.7. The molecular formula is C41H63FN5O9P. The van der Waals surface area contributed by atoms with Gasteiger partial charge in [-0.25, -0.2) is 18.5 Å². The smallest absolute Gasteiger partial charge is 0.387 e. The highest BCUT2D eigenvalue weighted by Crippen LogP contribution is 2.46. The number of fused-ring (bicyclic) bond motifs is 1. The lowest BCUT2D eigenvalue weighted by Crippen LogP contribution is -2.39. The Morgan fingerprint density at radius 1 is 0.965 bits per heavy atom. The second-order valence-corrected chi connectivity index (χ2v) is 16.6. The lowest BCUT2D eigenvalue weighted by Gasteiger charge is -2.27. The van der Waals surface area contributed by atoms with Crippen LogP contribution in [0, 0.1) is 17.1 Å². The summed E-state index contributed by atoms with van der Waals surface area (Å²) in [6.07, 6.45) is 16.4. The summed E-state index contributed by atoms with van der Waals surface area (Å²) in [6.45, 7) is 3.05. The summed E-state index contributed by atoms with van der Waals surface area (Å²) in [4.78, 5) is 14.5. The largest absolute Gasteiger partial charge is 0.472 e. The molecule has 1 aromatic carbocycles. The normalized spacial score (nSPS) is 21.2. The minimum Gasteiger partial charge on any atom is -0.387 e. The number of ether oxygens (including phenoxy) is 3. The maximum Gasteiger partial charge on any atom is 0.472 e. The predicted molar refractivity (Wildman–Crippen MR) is 213 cm³/mol. The summed E-state index contributed by atoms with van der Waals surface area (Å²) in [5.74, 6) is -0.325. The highest BCUT2D eigenvalue weighted by Gasteiger charge is 2.54. The van der Waals surface area contributed by atoms with E-state index in [1.807, 2.05) is 6.07 Å². The van der Waals surface area contributed by atoms with Gasteiger partial charge in [0.25, 0.3) is 0 Å². The molecule has 4 rings (SSSR count). The highest BCUT2D eigenvalue weighted by atomic mass is 31.2. The van der Waals surface area contributed by atoms with Gasteiger partial charge in [-0.2, -0.15) is 10.4 Å². The molecule has 3 aromatic rings. The minimum absolute atomic E-state index is 0.00425. The fourth-order valence-corrected chi connectivity index (χ4v) is 7.91. The number of phosphoric ester groups is 1. The zero-order valence-electron chi connectivity index (χ0n) is 33.6. The highest BCUT2D eigenvalue weighted by molar-refractivity contribution is 7.47. The Kier molecular flexibility index (Phi) is 19.8. The summed E-state index contributed by atoms with van der Waals surface area (Å²) in [5.41, 5.74) is 5.85. The first-order valence-electron chi connectivity index (χ1n) is 20.6. The van der Waals surface area contributed by atoms with E-state index in [0.717, 1.165) is 19.3 Å². The Labute approximate surface area is 336 Å². The molecule has 3 heterocycles. The van der Waals surface area contributed by atoms with Gasteiger partial charge in [-0.1, -0.05) is 103 Å². The minimum atomic E-state index is -4.75. The van der Waals surface area contributed by atoms with Crippen LogP contribution >= 0.6 is 7.82 Å². The van der Waals surface area contributed by atoms with Gasteiger partial charge in [0, 0.05) is 6.61 Å². The lowest BCUT2D eigenvalue weighted by atomic mass is 9.93. The van der Waals surface area contributed by atoms with Crippen molar-refractivity contribution in [2.75, 3.05) is 32.2 Å². The first-order chi connectivity index (χ1) is 27.5. The van der Waals surface area contributed by atoms with Crippen molar-refractivity contribution < 1.29 is 47.3 Å². The van der Waals surface area contributed by atoms with E-state index in [4.69, 9.17) is 29.0 Å². The van der Waals surface area contributed by atoms with Crippen molar-refractivity contribution in [3.8, 4) is 6.07 Å². The Morgan fingerprint density at radius 2 is 1.60 bits per heavy atom. The maximum absolute atomic E-state index is 14.0. The molecule has 0 bridgehead atoms. The number of hydrogen-bond acceptors (Lipinski definition) is 12. The molecule has 57 heavy (non-hydrogen) atoms. The van der Waals surface area contributed by atoms with Gasteiger partial charge in [-0.15, -0.1) is 0 Å². The van der Waals surface area contributed by atoms with Gasteiger partial charge in [0.05, 0.1) is 43.8 Å². The zero-order valence-corrected chi connectivity index (χ0v) is 34.5. The van der Waals surface area contributed by atoms with Crippen LogP contribution in [0.1, 0.15) is 133 Å². The maximum atomic E-state index is 14.0. The van der Waals surface area contributed by atoms with Crippen LogP contribution in [-0.2, 0) is 40.0 Å². The van der Waals surface area contributed by atoms with E-state index in [2.05, 4.69) is 17.0 Å². The Morgan fingerprint density at radius 3 is 2.23 bits per heavy atom. The van der Waals surface area contributed by atoms with Gasteiger partial charge in [0.15, 0.2) is 5.82 Å². The summed E-state index contributed by atoms with van der Waals surface area (Å²) in [6, 6.07) is 9.02. The molecule has 0 saturated carbocycles. The molecule has 1 aliphatic rings. The van der Waals surface area contributed by atoms with Crippen molar-refractivity contribution in [1.82, 2.24) is 14.6 Å². The van der Waals surface area contributed by atoms with Crippen LogP contribution in [0.4, 0.5) is 10.2 Å².